The first-order valence-electron chi connectivity index (χ1n) is 3.48. The van der Waals surface area contributed by atoms with Crippen LogP contribution in [0.25, 0.3) is 0 Å². The number of hydrogen-bond acceptors (Lipinski definition) is 4. The lowest BCUT2D eigenvalue weighted by Gasteiger charge is -2.03. The molecule has 12 heavy (non-hydrogen) atoms. The lowest BCUT2D eigenvalue weighted by molar-refractivity contribution is -0.153. The van der Waals surface area contributed by atoms with E-state index in [1.807, 2.05) is 0 Å². The van der Waals surface area contributed by atoms with Gasteiger partial charge in [0.05, 0.1) is 11.3 Å². The van der Waals surface area contributed by atoms with Gasteiger partial charge in [-0.3, -0.25) is 4.79 Å². The fourth-order valence-corrected chi connectivity index (χ4v) is 0.982. The zero-order chi connectivity index (χ0) is 9.56. The molecule has 0 aromatic rings. The summed E-state index contributed by atoms with van der Waals surface area (Å²) in [6.45, 7) is 1.87. The zero-order valence-electron chi connectivity index (χ0n) is 7.00. The van der Waals surface area contributed by atoms with Crippen molar-refractivity contribution < 1.29 is 14.3 Å². The Morgan fingerprint density at radius 1 is 1.58 bits per heavy atom. The predicted molar refractivity (Wildman–Crippen MR) is 49.4 cm³/mol. The van der Waals surface area contributed by atoms with Crippen LogP contribution >= 0.6 is 23.4 Å². The average Bonchev–Trinajstić information content (AvgIpc) is 2.04. The normalized spacial score (nSPS) is 12.2. The van der Waals surface area contributed by atoms with Crippen LogP contribution in [0, 0.1) is 0 Å². The highest BCUT2D eigenvalue weighted by molar-refractivity contribution is 8.00. The quantitative estimate of drug-likeness (QED) is 0.391. The molecule has 0 heterocycles. The van der Waals surface area contributed by atoms with Gasteiger partial charge in [0, 0.05) is 6.42 Å². The minimum Gasteiger partial charge on any atom is -0.460 e. The Balaban J connectivity index is 3.79. The third-order valence-electron chi connectivity index (χ3n) is 1.10. The van der Waals surface area contributed by atoms with Crippen LogP contribution < -0.4 is 0 Å². The van der Waals surface area contributed by atoms with Gasteiger partial charge in [-0.2, -0.15) is 0 Å². The SMILES string of the molecule is CCOC(=O)C(=O)CC(Cl)SC. The molecule has 5 heteroatoms. The van der Waals surface area contributed by atoms with Crippen LogP contribution in [0.2, 0.25) is 0 Å². The number of carbonyl (C=O) groups excluding carboxylic acids is 2. The van der Waals surface area contributed by atoms with E-state index in [9.17, 15) is 9.59 Å². The Hall–Kier alpha value is -0.220. The van der Waals surface area contributed by atoms with Crippen molar-refractivity contribution in [2.24, 2.45) is 0 Å². The summed E-state index contributed by atoms with van der Waals surface area (Å²) in [5.74, 6) is -1.36. The Bertz CT molecular complexity index is 172. The van der Waals surface area contributed by atoms with Gasteiger partial charge < -0.3 is 4.74 Å². The smallest absolute Gasteiger partial charge is 0.374 e. The van der Waals surface area contributed by atoms with E-state index in [0.29, 0.717) is 0 Å². The van der Waals surface area contributed by atoms with Crippen molar-refractivity contribution in [1.82, 2.24) is 0 Å². The second-order valence-electron chi connectivity index (χ2n) is 1.99. The molecule has 0 saturated heterocycles. The minimum atomic E-state index is -0.794. The number of thioether (sulfide) groups is 1. The minimum absolute atomic E-state index is 0.0293. The van der Waals surface area contributed by atoms with Crippen LogP contribution in [0.3, 0.4) is 0 Å². The van der Waals surface area contributed by atoms with E-state index in [-0.39, 0.29) is 17.7 Å². The fraction of sp³-hybridized carbons (Fsp3) is 0.714. The van der Waals surface area contributed by atoms with Crippen molar-refractivity contribution in [3.8, 4) is 0 Å². The van der Waals surface area contributed by atoms with Crippen LogP contribution in [0.5, 0.6) is 0 Å². The summed E-state index contributed by atoms with van der Waals surface area (Å²) in [6, 6.07) is 0. The number of esters is 1. The Labute approximate surface area is 80.8 Å². The molecule has 0 bridgehead atoms. The van der Waals surface area contributed by atoms with Gasteiger partial charge in [-0.25, -0.2) is 4.79 Å². The van der Waals surface area contributed by atoms with Gasteiger partial charge in [-0.05, 0) is 13.2 Å². The fourth-order valence-electron chi connectivity index (χ4n) is 0.524. The maximum Gasteiger partial charge on any atom is 0.374 e. The standard InChI is InChI=1S/C7H11ClO3S/c1-3-11-7(10)5(9)4-6(8)12-2/h6H,3-4H2,1-2H3. The molecule has 0 amide bonds. The summed E-state index contributed by atoms with van der Waals surface area (Å²) in [5.41, 5.74) is 0. The van der Waals surface area contributed by atoms with Crippen LogP contribution in [0.4, 0.5) is 0 Å². The molecule has 0 saturated carbocycles. The molecule has 3 nitrogen and oxygen atoms in total. The van der Waals surface area contributed by atoms with E-state index in [2.05, 4.69) is 4.74 Å². The van der Waals surface area contributed by atoms with Crippen LogP contribution in [-0.4, -0.2) is 29.3 Å². The molecule has 0 aromatic heterocycles. The molecule has 1 atom stereocenters. The highest BCUT2D eigenvalue weighted by atomic mass is 35.5. The number of rotatable bonds is 5. The Morgan fingerprint density at radius 3 is 2.58 bits per heavy atom. The van der Waals surface area contributed by atoms with Crippen molar-refractivity contribution >= 4 is 35.1 Å². The first-order chi connectivity index (χ1) is 5.61. The molecular formula is C7H11ClO3S. The topological polar surface area (TPSA) is 43.4 Å². The third-order valence-corrected chi connectivity index (χ3v) is 2.47. The van der Waals surface area contributed by atoms with Gasteiger partial charge in [0.25, 0.3) is 0 Å². The molecule has 0 aliphatic carbocycles. The van der Waals surface area contributed by atoms with Gasteiger partial charge in [-0.1, -0.05) is 0 Å². The number of alkyl halides is 1. The molecular weight excluding hydrogens is 200 g/mol. The number of Topliss-reactive ketones (excluding diaryl/α,β-unsaturated/α-hetero) is 1. The second kappa shape index (κ2) is 6.31. The van der Waals surface area contributed by atoms with Crippen molar-refractivity contribution in [2.75, 3.05) is 12.9 Å². The number of carbonyl (C=O) groups is 2. The number of ether oxygens (including phenoxy) is 1. The van der Waals surface area contributed by atoms with E-state index in [0.717, 1.165) is 0 Å². The maximum atomic E-state index is 10.9. The van der Waals surface area contributed by atoms with Gasteiger partial charge in [0.2, 0.25) is 5.78 Å². The highest BCUT2D eigenvalue weighted by Crippen LogP contribution is 2.15. The van der Waals surface area contributed by atoms with Gasteiger partial charge in [0.15, 0.2) is 0 Å². The van der Waals surface area contributed by atoms with Gasteiger partial charge in [-0.15, -0.1) is 23.4 Å². The summed E-state index contributed by atoms with van der Waals surface area (Å²) in [6.07, 6.45) is 1.80. The predicted octanol–water partition coefficient (Wildman–Crippen LogP) is 1.44. The van der Waals surface area contributed by atoms with Crippen LogP contribution in [-0.2, 0) is 14.3 Å². The second-order valence-corrected chi connectivity index (χ2v) is 3.82. The molecule has 0 aliphatic heterocycles. The lowest BCUT2D eigenvalue weighted by Crippen LogP contribution is -2.19. The summed E-state index contributed by atoms with van der Waals surface area (Å²) >= 11 is 6.96. The summed E-state index contributed by atoms with van der Waals surface area (Å²) in [4.78, 5) is 21.7. The van der Waals surface area contributed by atoms with Crippen molar-refractivity contribution in [3.05, 3.63) is 0 Å². The van der Waals surface area contributed by atoms with Crippen molar-refractivity contribution in [2.45, 2.75) is 18.1 Å². The highest BCUT2D eigenvalue weighted by Gasteiger charge is 2.18. The van der Waals surface area contributed by atoms with E-state index in [1.54, 1.807) is 13.2 Å². The number of halogens is 1. The molecule has 70 valence electrons. The van der Waals surface area contributed by atoms with E-state index in [1.165, 1.54) is 11.8 Å². The summed E-state index contributed by atoms with van der Waals surface area (Å²) < 4.78 is 4.15. The molecule has 0 spiro atoms. The average molecular weight is 211 g/mol. The van der Waals surface area contributed by atoms with E-state index in [4.69, 9.17) is 11.6 Å². The molecule has 0 rings (SSSR count). The monoisotopic (exact) mass is 210 g/mol. The molecule has 0 fully saturated rings. The largest absolute Gasteiger partial charge is 0.460 e. The summed E-state index contributed by atoms with van der Waals surface area (Å²) in [5, 5.41) is 0. The first-order valence-corrected chi connectivity index (χ1v) is 5.21. The van der Waals surface area contributed by atoms with Crippen molar-refractivity contribution in [3.63, 3.8) is 0 Å². The number of ketones is 1. The first kappa shape index (κ1) is 11.8. The molecule has 1 unspecified atom stereocenters. The molecule has 0 radical (unpaired) electrons. The summed E-state index contributed by atoms with van der Waals surface area (Å²) in [7, 11) is 0. The van der Waals surface area contributed by atoms with Gasteiger partial charge >= 0.3 is 5.97 Å². The Kier molecular flexibility index (Phi) is 6.20. The van der Waals surface area contributed by atoms with E-state index < -0.39 is 11.8 Å². The van der Waals surface area contributed by atoms with Crippen molar-refractivity contribution in [1.29, 1.82) is 0 Å². The molecule has 0 N–H and O–H groups in total. The zero-order valence-corrected chi connectivity index (χ0v) is 8.57. The molecule has 0 aliphatic rings. The van der Waals surface area contributed by atoms with Gasteiger partial charge in [0.1, 0.15) is 0 Å². The van der Waals surface area contributed by atoms with E-state index >= 15 is 0 Å². The lowest BCUT2D eigenvalue weighted by atomic mass is 10.3. The maximum absolute atomic E-state index is 10.9. The van der Waals surface area contributed by atoms with Crippen LogP contribution in [0.1, 0.15) is 13.3 Å². The molecule has 0 aromatic carbocycles. The third kappa shape index (κ3) is 4.62. The van der Waals surface area contributed by atoms with Crippen LogP contribution in [0.15, 0.2) is 0 Å². The Morgan fingerprint density at radius 2 is 2.17 bits per heavy atom. The number of hydrogen-bond donors (Lipinski definition) is 0.